The molecule has 0 aliphatic carbocycles. The Balaban J connectivity index is 1.78. The first-order valence-corrected chi connectivity index (χ1v) is 12.2. The molecule has 158 valence electrons. The quantitative estimate of drug-likeness (QED) is 0.793. The molecule has 0 bridgehead atoms. The van der Waals surface area contributed by atoms with E-state index < -0.39 is 10.0 Å². The van der Waals surface area contributed by atoms with E-state index in [0.29, 0.717) is 18.8 Å². The minimum absolute atomic E-state index is 0.0463. The van der Waals surface area contributed by atoms with Crippen LogP contribution in [0.4, 0.5) is 5.69 Å². The lowest BCUT2D eigenvalue weighted by molar-refractivity contribution is 0.0751. The van der Waals surface area contributed by atoms with Crippen LogP contribution in [0.3, 0.4) is 0 Å². The summed E-state index contributed by atoms with van der Waals surface area (Å²) >= 11 is 1.18. The number of anilines is 1. The summed E-state index contributed by atoms with van der Waals surface area (Å²) in [6.07, 6.45) is 0.873. The van der Waals surface area contributed by atoms with Crippen LogP contribution in [0.1, 0.15) is 42.4 Å². The predicted molar refractivity (Wildman–Crippen MR) is 118 cm³/mol. The lowest BCUT2D eigenvalue weighted by Crippen LogP contribution is -2.44. The summed E-state index contributed by atoms with van der Waals surface area (Å²) in [5.74, 6) is -0.208. The average Bonchev–Trinajstić information content (AvgIpc) is 3.00. The molecule has 1 fully saturated rings. The van der Waals surface area contributed by atoms with Gasteiger partial charge in [0.05, 0.1) is 0 Å². The molecular formula is C21H29N3O3S2. The molecule has 6 nitrogen and oxygen atoms in total. The summed E-state index contributed by atoms with van der Waals surface area (Å²) in [4.78, 5) is 17.6. The molecule has 1 aromatic heterocycles. The lowest BCUT2D eigenvalue weighted by atomic mass is 10.1. The second kappa shape index (κ2) is 8.45. The Labute approximate surface area is 177 Å². The van der Waals surface area contributed by atoms with Crippen molar-refractivity contribution in [2.45, 2.75) is 44.6 Å². The lowest BCUT2D eigenvalue weighted by Gasteiger charge is -2.34. The van der Waals surface area contributed by atoms with Crippen molar-refractivity contribution < 1.29 is 13.2 Å². The first-order chi connectivity index (χ1) is 13.6. The van der Waals surface area contributed by atoms with E-state index in [1.807, 2.05) is 19.1 Å². The van der Waals surface area contributed by atoms with Gasteiger partial charge in [0, 0.05) is 37.4 Å². The molecule has 0 radical (unpaired) electrons. The van der Waals surface area contributed by atoms with Crippen LogP contribution in [0.25, 0.3) is 0 Å². The third-order valence-corrected chi connectivity index (χ3v) is 7.60. The predicted octanol–water partition coefficient (Wildman–Crippen LogP) is 3.80. The second-order valence-electron chi connectivity index (χ2n) is 8.39. The van der Waals surface area contributed by atoms with Crippen LogP contribution in [-0.2, 0) is 10.0 Å². The number of sulfonamides is 1. The van der Waals surface area contributed by atoms with E-state index in [-0.39, 0.29) is 21.2 Å². The van der Waals surface area contributed by atoms with Gasteiger partial charge in [0.1, 0.15) is 9.77 Å². The van der Waals surface area contributed by atoms with Gasteiger partial charge in [-0.3, -0.25) is 14.4 Å². The molecule has 0 unspecified atom stereocenters. The van der Waals surface area contributed by atoms with Gasteiger partial charge < -0.3 is 4.90 Å². The summed E-state index contributed by atoms with van der Waals surface area (Å²) in [5.41, 5.74) is 1.58. The second-order valence-corrected chi connectivity index (χ2v) is 11.0. The molecule has 8 heteroatoms. The molecule has 1 aliphatic heterocycles. The fourth-order valence-corrected chi connectivity index (χ4v) is 5.88. The van der Waals surface area contributed by atoms with Gasteiger partial charge in [-0.25, -0.2) is 8.42 Å². The number of carbonyl (C=O) groups excluding carboxylic acids is 1. The molecule has 3 rings (SSSR count). The highest BCUT2D eigenvalue weighted by Gasteiger charge is 2.30. The SMILES string of the molecule is Cc1ccc(NS(=O)(=O)c2ccsc2C(=O)N2CCCN(C(C)(C)C)CC2)cc1. The normalized spacial score (nSPS) is 16.5. The van der Waals surface area contributed by atoms with E-state index in [1.54, 1.807) is 22.4 Å². The van der Waals surface area contributed by atoms with Gasteiger partial charge in [-0.2, -0.15) is 0 Å². The number of amides is 1. The van der Waals surface area contributed by atoms with Crippen LogP contribution in [-0.4, -0.2) is 55.8 Å². The fraction of sp³-hybridized carbons (Fsp3) is 0.476. The zero-order valence-electron chi connectivity index (χ0n) is 17.4. The summed E-state index contributed by atoms with van der Waals surface area (Å²) in [6.45, 7) is 11.4. The molecule has 1 aliphatic rings. The maximum atomic E-state index is 13.2. The minimum atomic E-state index is -3.84. The smallest absolute Gasteiger partial charge is 0.265 e. The van der Waals surface area contributed by atoms with E-state index in [2.05, 4.69) is 30.4 Å². The van der Waals surface area contributed by atoms with E-state index in [1.165, 1.54) is 17.4 Å². The number of thiophene rings is 1. The highest BCUT2D eigenvalue weighted by atomic mass is 32.2. The molecule has 0 saturated carbocycles. The number of hydrogen-bond acceptors (Lipinski definition) is 5. The van der Waals surface area contributed by atoms with Crippen LogP contribution in [0, 0.1) is 6.92 Å². The molecular weight excluding hydrogens is 406 g/mol. The Hall–Kier alpha value is -1.90. The molecule has 29 heavy (non-hydrogen) atoms. The zero-order valence-corrected chi connectivity index (χ0v) is 19.1. The molecule has 1 aromatic carbocycles. The Morgan fingerprint density at radius 1 is 1.03 bits per heavy atom. The van der Waals surface area contributed by atoms with Gasteiger partial charge in [0.15, 0.2) is 0 Å². The van der Waals surface area contributed by atoms with Crippen LogP contribution >= 0.6 is 11.3 Å². The first kappa shape index (κ1) is 21.8. The number of aryl methyl sites for hydroxylation is 1. The maximum absolute atomic E-state index is 13.2. The third kappa shape index (κ3) is 5.18. The van der Waals surface area contributed by atoms with Crippen LogP contribution in [0.15, 0.2) is 40.6 Å². The van der Waals surface area contributed by atoms with Crippen molar-refractivity contribution >= 4 is 33.0 Å². The Kier molecular flexibility index (Phi) is 6.36. The topological polar surface area (TPSA) is 69.7 Å². The van der Waals surface area contributed by atoms with Gasteiger partial charge in [0.2, 0.25) is 0 Å². The monoisotopic (exact) mass is 435 g/mol. The van der Waals surface area contributed by atoms with E-state index in [0.717, 1.165) is 25.1 Å². The van der Waals surface area contributed by atoms with Crippen molar-refractivity contribution in [3.8, 4) is 0 Å². The Morgan fingerprint density at radius 3 is 2.38 bits per heavy atom. The number of nitrogens with zero attached hydrogens (tertiary/aromatic N) is 2. The molecule has 0 atom stereocenters. The molecule has 2 aromatic rings. The first-order valence-electron chi connectivity index (χ1n) is 9.79. The summed E-state index contributed by atoms with van der Waals surface area (Å²) < 4.78 is 28.4. The van der Waals surface area contributed by atoms with Gasteiger partial charge in [0.25, 0.3) is 15.9 Å². The van der Waals surface area contributed by atoms with Crippen molar-refractivity contribution in [3.05, 3.63) is 46.2 Å². The third-order valence-electron chi connectivity index (χ3n) is 5.15. The largest absolute Gasteiger partial charge is 0.337 e. The highest BCUT2D eigenvalue weighted by Crippen LogP contribution is 2.27. The number of nitrogens with one attached hydrogen (secondary N) is 1. The van der Waals surface area contributed by atoms with E-state index in [4.69, 9.17) is 0 Å². The fourth-order valence-electron chi connectivity index (χ4n) is 3.43. The average molecular weight is 436 g/mol. The number of hydrogen-bond donors (Lipinski definition) is 1. The Bertz CT molecular complexity index is 960. The van der Waals surface area contributed by atoms with Gasteiger partial charge >= 0.3 is 0 Å². The molecule has 1 N–H and O–H groups in total. The van der Waals surface area contributed by atoms with Crippen molar-refractivity contribution in [1.29, 1.82) is 0 Å². The van der Waals surface area contributed by atoms with Gasteiger partial charge in [-0.05, 0) is 57.7 Å². The maximum Gasteiger partial charge on any atom is 0.265 e. The summed E-state index contributed by atoms with van der Waals surface area (Å²) in [5, 5.41) is 1.66. The van der Waals surface area contributed by atoms with Gasteiger partial charge in [-0.1, -0.05) is 17.7 Å². The number of benzene rings is 1. The van der Waals surface area contributed by atoms with Crippen LogP contribution in [0.2, 0.25) is 0 Å². The van der Waals surface area contributed by atoms with Crippen LogP contribution in [0.5, 0.6) is 0 Å². The van der Waals surface area contributed by atoms with E-state index in [9.17, 15) is 13.2 Å². The molecule has 0 spiro atoms. The number of carbonyl (C=O) groups is 1. The molecule has 1 saturated heterocycles. The highest BCUT2D eigenvalue weighted by molar-refractivity contribution is 7.93. The number of rotatable bonds is 4. The van der Waals surface area contributed by atoms with Crippen molar-refractivity contribution in [3.63, 3.8) is 0 Å². The van der Waals surface area contributed by atoms with Crippen molar-refractivity contribution in [2.24, 2.45) is 0 Å². The summed E-state index contributed by atoms with van der Waals surface area (Å²) in [7, 11) is -3.84. The van der Waals surface area contributed by atoms with Crippen molar-refractivity contribution in [1.82, 2.24) is 9.80 Å². The Morgan fingerprint density at radius 2 is 1.72 bits per heavy atom. The standard InChI is InChI=1S/C21H29N3O3S2/c1-16-6-8-17(9-7-16)22-29(26,27)18-10-15-28-19(18)20(25)23-11-5-12-24(14-13-23)21(2,3)4/h6-10,15,22H,5,11-14H2,1-4H3. The van der Waals surface area contributed by atoms with Crippen LogP contribution < -0.4 is 4.72 Å². The zero-order chi connectivity index (χ0) is 21.2. The molecule has 2 heterocycles. The molecule has 1 amide bonds. The van der Waals surface area contributed by atoms with Gasteiger partial charge in [-0.15, -0.1) is 11.3 Å². The van der Waals surface area contributed by atoms with E-state index >= 15 is 0 Å². The van der Waals surface area contributed by atoms with Crippen molar-refractivity contribution in [2.75, 3.05) is 30.9 Å². The summed E-state index contributed by atoms with van der Waals surface area (Å²) in [6, 6.07) is 8.63. The minimum Gasteiger partial charge on any atom is -0.337 e.